The van der Waals surface area contributed by atoms with Crippen molar-refractivity contribution >= 4 is 28.4 Å². The number of nitrogens with one attached hydrogen (secondary N) is 1. The summed E-state index contributed by atoms with van der Waals surface area (Å²) in [5.74, 6) is 1.50. The van der Waals surface area contributed by atoms with Crippen LogP contribution in [0.3, 0.4) is 0 Å². The number of aromatic nitrogens is 5. The topological polar surface area (TPSA) is 94.9 Å². The van der Waals surface area contributed by atoms with Crippen LogP contribution in [0.15, 0.2) is 24.7 Å². The summed E-state index contributed by atoms with van der Waals surface area (Å²) in [5, 5.41) is 4.42. The number of H-pyrrole nitrogens is 1. The van der Waals surface area contributed by atoms with Crippen LogP contribution in [-0.2, 0) is 9.53 Å². The van der Waals surface area contributed by atoms with E-state index in [0.717, 1.165) is 85.1 Å². The molecule has 1 spiro atoms. The predicted octanol–water partition coefficient (Wildman–Crippen LogP) is 4.55. The normalized spacial score (nSPS) is 22.4. The first-order valence-electron chi connectivity index (χ1n) is 15.8. The Morgan fingerprint density at radius 3 is 2.70 bits per heavy atom. The molecule has 43 heavy (non-hydrogen) atoms. The van der Waals surface area contributed by atoms with E-state index >= 15 is 0 Å². The van der Waals surface area contributed by atoms with E-state index in [-0.39, 0.29) is 23.9 Å². The van der Waals surface area contributed by atoms with Gasteiger partial charge >= 0.3 is 0 Å². The standard InChI is InChI=1S/C33H44N8O2/c1-20(2)29-30(25-15-41-32(34-19-35-41)24(6)23(25)5)36-26-7-8-27(37-31(26)29)39-13-22(4)40(14-21(39)3)28(42)9-11-38-16-33(17-38)10-12-43-18-33/h7-8,15,19-22,36H,9-14,16-18H2,1-6H3/t21-,22+/m0/s1. The number of ether oxygens (including phenoxy) is 1. The van der Waals surface area contributed by atoms with Crippen molar-refractivity contribution in [1.82, 2.24) is 34.4 Å². The molecule has 4 aromatic heterocycles. The second-order valence-corrected chi connectivity index (χ2v) is 13.6. The van der Waals surface area contributed by atoms with E-state index in [0.29, 0.717) is 18.4 Å². The number of rotatable bonds is 6. The van der Waals surface area contributed by atoms with Crippen molar-refractivity contribution in [3.05, 3.63) is 41.3 Å². The van der Waals surface area contributed by atoms with Gasteiger partial charge in [-0.25, -0.2) is 14.5 Å². The molecule has 4 aromatic rings. The summed E-state index contributed by atoms with van der Waals surface area (Å²) in [6.07, 6.45) is 5.43. The highest BCUT2D eigenvalue weighted by Crippen LogP contribution is 2.39. The van der Waals surface area contributed by atoms with Crippen molar-refractivity contribution in [2.24, 2.45) is 5.41 Å². The number of anilines is 1. The highest BCUT2D eigenvalue weighted by molar-refractivity contribution is 5.90. The Labute approximate surface area is 253 Å². The maximum Gasteiger partial charge on any atom is 0.224 e. The summed E-state index contributed by atoms with van der Waals surface area (Å²) in [7, 11) is 0. The Balaban J connectivity index is 1.10. The molecular weight excluding hydrogens is 540 g/mol. The van der Waals surface area contributed by atoms with E-state index in [4.69, 9.17) is 9.72 Å². The highest BCUT2D eigenvalue weighted by Gasteiger charge is 2.45. The Morgan fingerprint density at radius 1 is 1.14 bits per heavy atom. The molecule has 228 valence electrons. The van der Waals surface area contributed by atoms with Crippen molar-refractivity contribution in [3.63, 3.8) is 0 Å². The van der Waals surface area contributed by atoms with Gasteiger partial charge in [-0.3, -0.25) is 4.79 Å². The minimum absolute atomic E-state index is 0.124. The van der Waals surface area contributed by atoms with Crippen LogP contribution in [0.2, 0.25) is 0 Å². The van der Waals surface area contributed by atoms with E-state index in [1.165, 1.54) is 11.1 Å². The van der Waals surface area contributed by atoms with Crippen LogP contribution in [0.1, 0.15) is 63.1 Å². The van der Waals surface area contributed by atoms with Crippen LogP contribution in [0.5, 0.6) is 0 Å². The lowest BCUT2D eigenvalue weighted by molar-refractivity contribution is -0.135. The number of likely N-dealkylation sites (tertiary alicyclic amines) is 1. The molecule has 1 amide bonds. The lowest BCUT2D eigenvalue weighted by Crippen LogP contribution is -2.60. The lowest BCUT2D eigenvalue weighted by atomic mass is 9.79. The molecule has 10 heteroatoms. The summed E-state index contributed by atoms with van der Waals surface area (Å²) < 4.78 is 7.47. The second kappa shape index (κ2) is 10.6. The van der Waals surface area contributed by atoms with Gasteiger partial charge in [0.2, 0.25) is 5.91 Å². The molecule has 0 unspecified atom stereocenters. The molecule has 1 N–H and O–H groups in total. The third-order valence-electron chi connectivity index (χ3n) is 10.2. The molecule has 3 saturated heterocycles. The first-order chi connectivity index (χ1) is 20.6. The third-order valence-corrected chi connectivity index (χ3v) is 10.2. The van der Waals surface area contributed by atoms with E-state index in [1.54, 1.807) is 6.33 Å². The second-order valence-electron chi connectivity index (χ2n) is 13.6. The van der Waals surface area contributed by atoms with Crippen LogP contribution in [0, 0.1) is 19.3 Å². The average molecular weight is 585 g/mol. The molecule has 2 atom stereocenters. The summed E-state index contributed by atoms with van der Waals surface area (Å²) in [5.41, 5.74) is 9.05. The number of carbonyl (C=O) groups is 1. The van der Waals surface area contributed by atoms with Gasteiger partial charge in [0.25, 0.3) is 0 Å². The molecule has 3 fully saturated rings. The number of carbonyl (C=O) groups excluding carboxylic acids is 1. The fourth-order valence-electron chi connectivity index (χ4n) is 7.61. The number of piperazine rings is 1. The molecule has 0 aliphatic carbocycles. The molecule has 10 nitrogen and oxygen atoms in total. The molecule has 0 radical (unpaired) electrons. The number of hydrogen-bond donors (Lipinski definition) is 1. The molecule has 0 aromatic carbocycles. The van der Waals surface area contributed by atoms with Crippen LogP contribution < -0.4 is 4.90 Å². The van der Waals surface area contributed by atoms with Gasteiger partial charge in [-0.1, -0.05) is 13.8 Å². The number of amides is 1. The first kappa shape index (κ1) is 28.3. The molecule has 3 aliphatic rings. The number of fused-ring (bicyclic) bond motifs is 2. The Hall–Kier alpha value is -3.50. The maximum absolute atomic E-state index is 13.3. The monoisotopic (exact) mass is 584 g/mol. The van der Waals surface area contributed by atoms with Crippen molar-refractivity contribution in [2.75, 3.05) is 50.8 Å². The van der Waals surface area contributed by atoms with Crippen molar-refractivity contribution in [3.8, 4) is 11.3 Å². The molecular formula is C33H44N8O2. The first-order valence-corrected chi connectivity index (χ1v) is 15.8. The minimum Gasteiger partial charge on any atom is -0.381 e. The van der Waals surface area contributed by atoms with E-state index < -0.39 is 0 Å². The van der Waals surface area contributed by atoms with Gasteiger partial charge in [0.15, 0.2) is 5.65 Å². The van der Waals surface area contributed by atoms with E-state index in [2.05, 4.69) is 89.6 Å². The predicted molar refractivity (Wildman–Crippen MR) is 169 cm³/mol. The Kier molecular flexibility index (Phi) is 6.97. The van der Waals surface area contributed by atoms with Gasteiger partial charge in [-0.15, -0.1) is 0 Å². The van der Waals surface area contributed by atoms with Crippen LogP contribution in [0.4, 0.5) is 5.82 Å². The van der Waals surface area contributed by atoms with Crippen molar-refractivity contribution in [2.45, 2.75) is 72.4 Å². The van der Waals surface area contributed by atoms with Crippen LogP contribution >= 0.6 is 0 Å². The SMILES string of the molecule is Cc1c(-c2[nH]c3ccc(N4C[C@@H](C)N(C(=O)CCN5CC6(CCOC6)C5)C[C@@H]4C)nc3c2C(C)C)cn2ncnc2c1C. The molecule has 0 bridgehead atoms. The fourth-order valence-corrected chi connectivity index (χ4v) is 7.61. The molecule has 3 aliphatic heterocycles. The van der Waals surface area contributed by atoms with Gasteiger partial charge in [0.05, 0.1) is 23.3 Å². The van der Waals surface area contributed by atoms with Gasteiger partial charge in [0, 0.05) is 80.6 Å². The fraction of sp³-hybridized carbons (Fsp3) is 0.576. The van der Waals surface area contributed by atoms with Gasteiger partial charge in [-0.05, 0) is 63.3 Å². The van der Waals surface area contributed by atoms with Gasteiger partial charge in [-0.2, -0.15) is 5.10 Å². The van der Waals surface area contributed by atoms with Crippen LogP contribution in [-0.4, -0.2) is 98.3 Å². The largest absolute Gasteiger partial charge is 0.381 e. The zero-order valence-electron chi connectivity index (χ0n) is 26.4. The molecule has 7 rings (SSSR count). The van der Waals surface area contributed by atoms with Gasteiger partial charge < -0.3 is 24.4 Å². The zero-order valence-corrected chi connectivity index (χ0v) is 26.4. The van der Waals surface area contributed by atoms with E-state index in [9.17, 15) is 4.79 Å². The number of aromatic amines is 1. The Bertz CT molecular complexity index is 1680. The zero-order chi connectivity index (χ0) is 30.0. The number of pyridine rings is 2. The molecule has 0 saturated carbocycles. The Morgan fingerprint density at radius 2 is 1.95 bits per heavy atom. The quantitative estimate of drug-likeness (QED) is 0.355. The summed E-state index contributed by atoms with van der Waals surface area (Å²) in [6.45, 7) is 19.3. The van der Waals surface area contributed by atoms with Crippen LogP contribution in [0.25, 0.3) is 27.9 Å². The number of aryl methyl sites for hydroxylation is 1. The van der Waals surface area contributed by atoms with Gasteiger partial charge in [0.1, 0.15) is 12.1 Å². The third kappa shape index (κ3) is 4.79. The molecule has 7 heterocycles. The lowest BCUT2D eigenvalue weighted by Gasteiger charge is -2.48. The average Bonchev–Trinajstić information content (AvgIpc) is 3.72. The number of hydrogen-bond acceptors (Lipinski definition) is 7. The minimum atomic E-state index is 0.124. The summed E-state index contributed by atoms with van der Waals surface area (Å²) in [6, 6.07) is 4.58. The van der Waals surface area contributed by atoms with E-state index in [1.807, 2.05) is 4.52 Å². The van der Waals surface area contributed by atoms with Crippen molar-refractivity contribution in [1.29, 1.82) is 0 Å². The van der Waals surface area contributed by atoms with Crippen molar-refractivity contribution < 1.29 is 9.53 Å². The summed E-state index contributed by atoms with van der Waals surface area (Å²) >= 11 is 0. The smallest absolute Gasteiger partial charge is 0.224 e. The number of nitrogens with zero attached hydrogens (tertiary/aromatic N) is 7. The summed E-state index contributed by atoms with van der Waals surface area (Å²) in [4.78, 5) is 33.6. The maximum atomic E-state index is 13.3. The highest BCUT2D eigenvalue weighted by atomic mass is 16.5.